The molecule has 0 fully saturated rings. The van der Waals surface area contributed by atoms with Crippen molar-refractivity contribution in [1.82, 2.24) is 14.8 Å². The molecule has 0 radical (unpaired) electrons. The van der Waals surface area contributed by atoms with Crippen LogP contribution < -0.4 is 0 Å². The van der Waals surface area contributed by atoms with Gasteiger partial charge in [0.15, 0.2) is 5.58 Å². The van der Waals surface area contributed by atoms with E-state index in [1.54, 1.807) is 17.9 Å². The molecule has 0 aliphatic heterocycles. The van der Waals surface area contributed by atoms with Crippen molar-refractivity contribution in [3.63, 3.8) is 0 Å². The van der Waals surface area contributed by atoms with E-state index in [4.69, 9.17) is 16.0 Å². The van der Waals surface area contributed by atoms with Crippen LogP contribution in [0.2, 0.25) is 5.02 Å². The summed E-state index contributed by atoms with van der Waals surface area (Å²) in [6.07, 6.45) is 1.58. The van der Waals surface area contributed by atoms with Crippen molar-refractivity contribution in [3.05, 3.63) is 35.0 Å². The van der Waals surface area contributed by atoms with Gasteiger partial charge in [0.05, 0.1) is 11.2 Å². The number of aromatic nitrogens is 3. The van der Waals surface area contributed by atoms with Crippen molar-refractivity contribution in [2.45, 2.75) is 6.92 Å². The fourth-order valence-electron chi connectivity index (χ4n) is 1.78. The fraction of sp³-hybridized carbons (Fsp3) is 0.167. The Hall–Kier alpha value is -1.81. The lowest BCUT2D eigenvalue weighted by Gasteiger charge is -1.95. The summed E-state index contributed by atoms with van der Waals surface area (Å²) in [4.78, 5) is 4.41. The van der Waals surface area contributed by atoms with Gasteiger partial charge in [0.1, 0.15) is 11.2 Å². The van der Waals surface area contributed by atoms with Crippen LogP contribution in [-0.4, -0.2) is 14.8 Å². The van der Waals surface area contributed by atoms with Gasteiger partial charge in [-0.15, -0.1) is 0 Å². The highest BCUT2D eigenvalue weighted by Gasteiger charge is 2.15. The van der Waals surface area contributed by atoms with E-state index in [1.165, 1.54) is 0 Å². The van der Waals surface area contributed by atoms with Crippen LogP contribution in [0.3, 0.4) is 0 Å². The maximum Gasteiger partial charge on any atom is 0.247 e. The Morgan fingerprint density at radius 1 is 1.35 bits per heavy atom. The third kappa shape index (κ3) is 1.61. The minimum atomic E-state index is 0.496. The molecule has 0 amide bonds. The van der Waals surface area contributed by atoms with Crippen LogP contribution in [-0.2, 0) is 7.05 Å². The van der Waals surface area contributed by atoms with Gasteiger partial charge in [-0.3, -0.25) is 4.68 Å². The van der Waals surface area contributed by atoms with E-state index < -0.39 is 0 Å². The standard InChI is InChI=1S/C12H10ClN3O/c1-7-3-4-9-10(5-7)17-12(15-9)11-8(13)6-14-16(11)2/h3-6H,1-2H3. The highest BCUT2D eigenvalue weighted by molar-refractivity contribution is 6.32. The zero-order chi connectivity index (χ0) is 12.0. The molecule has 4 nitrogen and oxygen atoms in total. The first kappa shape index (κ1) is 10.4. The summed E-state index contributed by atoms with van der Waals surface area (Å²) in [6.45, 7) is 2.01. The number of nitrogens with zero attached hydrogens (tertiary/aromatic N) is 3. The van der Waals surface area contributed by atoms with E-state index in [1.807, 2.05) is 25.1 Å². The average molecular weight is 248 g/mol. The van der Waals surface area contributed by atoms with Crippen molar-refractivity contribution in [3.8, 4) is 11.6 Å². The zero-order valence-corrected chi connectivity index (χ0v) is 10.2. The second kappa shape index (κ2) is 3.60. The normalized spacial score (nSPS) is 11.2. The number of fused-ring (bicyclic) bond motifs is 1. The molecule has 3 rings (SSSR count). The van der Waals surface area contributed by atoms with Gasteiger partial charge >= 0.3 is 0 Å². The van der Waals surface area contributed by atoms with Crippen molar-refractivity contribution >= 4 is 22.7 Å². The van der Waals surface area contributed by atoms with E-state index in [0.717, 1.165) is 16.7 Å². The molecule has 0 unspecified atom stereocenters. The van der Waals surface area contributed by atoms with Gasteiger partial charge < -0.3 is 4.42 Å². The predicted octanol–water partition coefficient (Wildman–Crippen LogP) is 3.19. The summed E-state index contributed by atoms with van der Waals surface area (Å²) in [5.41, 5.74) is 3.41. The molecule has 0 spiro atoms. The molecule has 17 heavy (non-hydrogen) atoms. The van der Waals surface area contributed by atoms with Crippen molar-refractivity contribution in [2.75, 3.05) is 0 Å². The monoisotopic (exact) mass is 247 g/mol. The predicted molar refractivity (Wildman–Crippen MR) is 66.0 cm³/mol. The third-order valence-corrected chi connectivity index (χ3v) is 2.92. The molecule has 86 valence electrons. The van der Waals surface area contributed by atoms with Crippen LogP contribution in [0.1, 0.15) is 5.56 Å². The van der Waals surface area contributed by atoms with Gasteiger partial charge in [0, 0.05) is 7.05 Å². The summed E-state index contributed by atoms with van der Waals surface area (Å²) in [5, 5.41) is 4.60. The maximum atomic E-state index is 6.06. The Morgan fingerprint density at radius 3 is 2.88 bits per heavy atom. The maximum absolute atomic E-state index is 6.06. The van der Waals surface area contributed by atoms with Crippen LogP contribution >= 0.6 is 11.6 Å². The number of hydrogen-bond acceptors (Lipinski definition) is 3. The molecule has 0 bridgehead atoms. The third-order valence-electron chi connectivity index (χ3n) is 2.64. The lowest BCUT2D eigenvalue weighted by atomic mass is 10.2. The number of halogens is 1. The van der Waals surface area contributed by atoms with Crippen molar-refractivity contribution in [2.24, 2.45) is 7.05 Å². The van der Waals surface area contributed by atoms with E-state index in [0.29, 0.717) is 16.6 Å². The quantitative estimate of drug-likeness (QED) is 0.663. The summed E-state index contributed by atoms with van der Waals surface area (Å²) in [6, 6.07) is 5.89. The fourth-order valence-corrected chi connectivity index (χ4v) is 2.03. The molecular formula is C12H10ClN3O. The second-order valence-electron chi connectivity index (χ2n) is 3.95. The van der Waals surface area contributed by atoms with Gasteiger partial charge in [-0.2, -0.15) is 5.10 Å². The number of aryl methyl sites for hydroxylation is 2. The van der Waals surface area contributed by atoms with Gasteiger partial charge in [-0.05, 0) is 24.6 Å². The van der Waals surface area contributed by atoms with E-state index in [9.17, 15) is 0 Å². The van der Waals surface area contributed by atoms with Crippen LogP contribution in [0.25, 0.3) is 22.7 Å². The molecule has 0 saturated heterocycles. The highest BCUT2D eigenvalue weighted by Crippen LogP contribution is 2.29. The molecule has 2 aromatic heterocycles. The minimum absolute atomic E-state index is 0.496. The molecule has 2 heterocycles. The highest BCUT2D eigenvalue weighted by atomic mass is 35.5. The van der Waals surface area contributed by atoms with Crippen LogP contribution in [0.5, 0.6) is 0 Å². The molecule has 0 aliphatic carbocycles. The number of oxazole rings is 1. The topological polar surface area (TPSA) is 43.9 Å². The lowest BCUT2D eigenvalue weighted by Crippen LogP contribution is -1.93. The smallest absolute Gasteiger partial charge is 0.247 e. The van der Waals surface area contributed by atoms with Crippen LogP contribution in [0.15, 0.2) is 28.8 Å². The Bertz CT molecular complexity index is 679. The summed E-state index contributed by atoms with van der Waals surface area (Å²) in [5.74, 6) is 0.496. The first-order chi connectivity index (χ1) is 8.15. The van der Waals surface area contributed by atoms with E-state index in [2.05, 4.69) is 10.1 Å². The second-order valence-corrected chi connectivity index (χ2v) is 4.36. The average Bonchev–Trinajstić information content (AvgIpc) is 2.81. The van der Waals surface area contributed by atoms with Gasteiger partial charge in [-0.1, -0.05) is 17.7 Å². The van der Waals surface area contributed by atoms with E-state index in [-0.39, 0.29) is 0 Å². The molecule has 3 aromatic rings. The Kier molecular flexibility index (Phi) is 2.19. The van der Waals surface area contributed by atoms with Gasteiger partial charge in [-0.25, -0.2) is 4.98 Å². The Balaban J connectivity index is 2.25. The first-order valence-electron chi connectivity index (χ1n) is 5.20. The first-order valence-corrected chi connectivity index (χ1v) is 5.58. The minimum Gasteiger partial charge on any atom is -0.435 e. The van der Waals surface area contributed by atoms with E-state index >= 15 is 0 Å². The lowest BCUT2D eigenvalue weighted by molar-refractivity contribution is 0.606. The molecule has 0 atom stereocenters. The summed E-state index contributed by atoms with van der Waals surface area (Å²) >= 11 is 6.06. The Labute approximate surface area is 103 Å². The molecule has 0 aliphatic rings. The Morgan fingerprint density at radius 2 is 2.18 bits per heavy atom. The van der Waals surface area contributed by atoms with Gasteiger partial charge in [0.25, 0.3) is 0 Å². The molecule has 1 aromatic carbocycles. The molecule has 5 heteroatoms. The largest absolute Gasteiger partial charge is 0.435 e. The summed E-state index contributed by atoms with van der Waals surface area (Å²) < 4.78 is 7.35. The zero-order valence-electron chi connectivity index (χ0n) is 9.44. The number of benzene rings is 1. The van der Waals surface area contributed by atoms with Crippen molar-refractivity contribution in [1.29, 1.82) is 0 Å². The molecule has 0 N–H and O–H groups in total. The van der Waals surface area contributed by atoms with Gasteiger partial charge in [0.2, 0.25) is 5.89 Å². The van der Waals surface area contributed by atoms with Crippen LogP contribution in [0, 0.1) is 6.92 Å². The number of rotatable bonds is 1. The SMILES string of the molecule is Cc1ccc2nc(-c3c(Cl)cnn3C)oc2c1. The van der Waals surface area contributed by atoms with Crippen molar-refractivity contribution < 1.29 is 4.42 Å². The summed E-state index contributed by atoms with van der Waals surface area (Å²) in [7, 11) is 1.81. The van der Waals surface area contributed by atoms with Crippen LogP contribution in [0.4, 0.5) is 0 Å². The molecular weight excluding hydrogens is 238 g/mol. The molecule has 0 saturated carbocycles. The number of hydrogen-bond donors (Lipinski definition) is 0.